The second-order valence-corrected chi connectivity index (χ2v) is 13.6. The summed E-state index contributed by atoms with van der Waals surface area (Å²) in [6.07, 6.45) is 11.8. The van der Waals surface area contributed by atoms with Crippen LogP contribution in [0.2, 0.25) is 0 Å². The number of rotatable bonds is 12. The molecule has 3 unspecified atom stereocenters. The van der Waals surface area contributed by atoms with Gasteiger partial charge in [0.1, 0.15) is 23.4 Å². The van der Waals surface area contributed by atoms with Gasteiger partial charge in [0.05, 0.1) is 0 Å². The van der Waals surface area contributed by atoms with Crippen LogP contribution < -0.4 is 10.6 Å². The number of alkyl carbamates (subject to hydrolysis) is 1. The SMILES string of the molecule is C#Cc1ccccc1C(C(=O)NC1CCCCC1)N(C(=O)C(Cc1ccc(O)cc1)NC(=O)OC(C)(C)C)C(C)CCC(C)C. The molecule has 1 saturated carbocycles. The predicted molar refractivity (Wildman–Crippen MR) is 177 cm³/mol. The molecule has 0 aromatic heterocycles. The maximum atomic E-state index is 14.9. The minimum atomic E-state index is -1.06. The first kappa shape index (κ1) is 35.5. The number of amides is 3. The molecule has 0 saturated heterocycles. The molecule has 0 aliphatic heterocycles. The van der Waals surface area contributed by atoms with E-state index in [2.05, 4.69) is 30.4 Å². The molecule has 0 heterocycles. The molecule has 2 aromatic carbocycles. The van der Waals surface area contributed by atoms with Gasteiger partial charge in [0.15, 0.2) is 0 Å². The van der Waals surface area contributed by atoms with E-state index in [1.54, 1.807) is 43.9 Å². The van der Waals surface area contributed by atoms with Crippen LogP contribution in [0.1, 0.15) is 109 Å². The molecule has 8 nitrogen and oxygen atoms in total. The summed E-state index contributed by atoms with van der Waals surface area (Å²) >= 11 is 0. The molecular weight excluding hydrogens is 566 g/mol. The smallest absolute Gasteiger partial charge is 0.408 e. The number of hydrogen-bond donors (Lipinski definition) is 3. The first-order valence-corrected chi connectivity index (χ1v) is 16.2. The Morgan fingerprint density at radius 2 is 1.64 bits per heavy atom. The van der Waals surface area contributed by atoms with Crippen LogP contribution in [0.25, 0.3) is 0 Å². The van der Waals surface area contributed by atoms with Gasteiger partial charge in [0.2, 0.25) is 11.8 Å². The van der Waals surface area contributed by atoms with E-state index >= 15 is 0 Å². The molecule has 3 N–H and O–H groups in total. The number of terminal acetylenes is 1. The first-order chi connectivity index (χ1) is 21.3. The molecule has 8 heteroatoms. The number of benzene rings is 2. The third-order valence-corrected chi connectivity index (χ3v) is 8.15. The fourth-order valence-electron chi connectivity index (χ4n) is 5.82. The first-order valence-electron chi connectivity index (χ1n) is 16.2. The number of carbonyl (C=O) groups is 3. The molecule has 1 aliphatic carbocycles. The average molecular weight is 618 g/mol. The third-order valence-electron chi connectivity index (χ3n) is 8.15. The van der Waals surface area contributed by atoms with Gasteiger partial charge in [-0.05, 0) is 88.6 Å². The molecule has 0 bridgehead atoms. The maximum absolute atomic E-state index is 14.9. The Bertz CT molecular complexity index is 1320. The Hall–Kier alpha value is -3.99. The molecular formula is C37H51N3O5. The number of carbonyl (C=O) groups excluding carboxylic acids is 3. The summed E-state index contributed by atoms with van der Waals surface area (Å²) in [5.41, 5.74) is 1.04. The number of phenolic OH excluding ortho intramolecular Hbond substituents is 1. The zero-order valence-corrected chi connectivity index (χ0v) is 27.8. The van der Waals surface area contributed by atoms with Crippen molar-refractivity contribution in [2.24, 2.45) is 5.92 Å². The van der Waals surface area contributed by atoms with Gasteiger partial charge in [0.25, 0.3) is 0 Å². The Kier molecular flexibility index (Phi) is 12.9. The van der Waals surface area contributed by atoms with Crippen LogP contribution in [0.4, 0.5) is 4.79 Å². The lowest BCUT2D eigenvalue weighted by atomic mass is 9.92. The van der Waals surface area contributed by atoms with E-state index in [4.69, 9.17) is 11.2 Å². The van der Waals surface area contributed by atoms with E-state index in [1.807, 2.05) is 25.1 Å². The summed E-state index contributed by atoms with van der Waals surface area (Å²) in [5.74, 6) is 2.49. The van der Waals surface area contributed by atoms with Crippen LogP contribution in [-0.2, 0) is 20.7 Å². The molecule has 0 radical (unpaired) electrons. The minimum Gasteiger partial charge on any atom is -0.508 e. The highest BCUT2D eigenvalue weighted by molar-refractivity contribution is 5.93. The van der Waals surface area contributed by atoms with E-state index in [-0.39, 0.29) is 30.2 Å². The van der Waals surface area contributed by atoms with Crippen LogP contribution in [-0.4, -0.2) is 51.6 Å². The molecule has 1 fully saturated rings. The molecule has 3 atom stereocenters. The number of ether oxygens (including phenoxy) is 1. The van der Waals surface area contributed by atoms with Gasteiger partial charge in [-0.2, -0.15) is 0 Å². The highest BCUT2D eigenvalue weighted by atomic mass is 16.6. The Morgan fingerprint density at radius 1 is 1.00 bits per heavy atom. The van der Waals surface area contributed by atoms with E-state index in [0.717, 1.165) is 44.1 Å². The monoisotopic (exact) mass is 617 g/mol. The summed E-state index contributed by atoms with van der Waals surface area (Å²) in [7, 11) is 0. The number of nitrogens with one attached hydrogen (secondary N) is 2. The van der Waals surface area contributed by atoms with Gasteiger partial charge in [0, 0.05) is 24.1 Å². The quantitative estimate of drug-likeness (QED) is 0.231. The highest BCUT2D eigenvalue weighted by Gasteiger charge is 2.40. The molecule has 0 spiro atoms. The normalized spacial score (nSPS) is 15.8. The summed E-state index contributed by atoms with van der Waals surface area (Å²) in [6, 6.07) is 11.3. The van der Waals surface area contributed by atoms with Crippen LogP contribution in [0, 0.1) is 18.3 Å². The maximum Gasteiger partial charge on any atom is 0.408 e. The summed E-state index contributed by atoms with van der Waals surface area (Å²) < 4.78 is 5.56. The predicted octanol–water partition coefficient (Wildman–Crippen LogP) is 6.65. The average Bonchev–Trinajstić information content (AvgIpc) is 2.98. The lowest BCUT2D eigenvalue weighted by molar-refractivity contribution is -0.145. The van der Waals surface area contributed by atoms with Gasteiger partial charge in [-0.3, -0.25) is 9.59 Å². The van der Waals surface area contributed by atoms with Gasteiger partial charge in [-0.1, -0.05) is 69.4 Å². The van der Waals surface area contributed by atoms with Gasteiger partial charge < -0.3 is 25.4 Å². The van der Waals surface area contributed by atoms with Crippen molar-refractivity contribution in [3.05, 3.63) is 65.2 Å². The molecule has 3 rings (SSSR count). The van der Waals surface area contributed by atoms with E-state index in [0.29, 0.717) is 23.5 Å². The second-order valence-electron chi connectivity index (χ2n) is 13.6. The van der Waals surface area contributed by atoms with Crippen molar-refractivity contribution >= 4 is 17.9 Å². The lowest BCUT2D eigenvalue weighted by Gasteiger charge is -2.40. The molecule has 244 valence electrons. The Labute approximate surface area is 269 Å². The van der Waals surface area contributed by atoms with E-state index in [1.165, 1.54) is 12.1 Å². The fourth-order valence-corrected chi connectivity index (χ4v) is 5.82. The lowest BCUT2D eigenvalue weighted by Crippen LogP contribution is -2.57. The molecule has 3 amide bonds. The summed E-state index contributed by atoms with van der Waals surface area (Å²) in [6.45, 7) is 11.5. The second kappa shape index (κ2) is 16.4. The largest absolute Gasteiger partial charge is 0.508 e. The number of nitrogens with zero attached hydrogens (tertiary/aromatic N) is 1. The topological polar surface area (TPSA) is 108 Å². The summed E-state index contributed by atoms with van der Waals surface area (Å²) in [5, 5.41) is 15.9. The van der Waals surface area contributed by atoms with Crippen molar-refractivity contribution in [2.75, 3.05) is 0 Å². The van der Waals surface area contributed by atoms with Crippen LogP contribution in [0.5, 0.6) is 5.75 Å². The molecule has 45 heavy (non-hydrogen) atoms. The Balaban J connectivity index is 2.13. The van der Waals surface area contributed by atoms with Crippen molar-refractivity contribution in [3.63, 3.8) is 0 Å². The van der Waals surface area contributed by atoms with Crippen molar-refractivity contribution in [1.29, 1.82) is 0 Å². The third kappa shape index (κ3) is 10.8. The van der Waals surface area contributed by atoms with E-state index in [9.17, 15) is 19.5 Å². The Morgan fingerprint density at radius 3 is 2.24 bits per heavy atom. The zero-order valence-electron chi connectivity index (χ0n) is 27.8. The van der Waals surface area contributed by atoms with Crippen molar-refractivity contribution in [3.8, 4) is 18.1 Å². The van der Waals surface area contributed by atoms with Gasteiger partial charge in [-0.25, -0.2) is 4.79 Å². The minimum absolute atomic E-state index is 0.0161. The molecule has 1 aliphatic rings. The number of aromatic hydroxyl groups is 1. The fraction of sp³-hybridized carbons (Fsp3) is 0.541. The van der Waals surface area contributed by atoms with E-state index < -0.39 is 29.7 Å². The summed E-state index contributed by atoms with van der Waals surface area (Å²) in [4.78, 5) is 44.0. The number of hydrogen-bond acceptors (Lipinski definition) is 5. The van der Waals surface area contributed by atoms with Crippen molar-refractivity contribution in [1.82, 2.24) is 15.5 Å². The molecule has 2 aromatic rings. The van der Waals surface area contributed by atoms with Crippen LogP contribution in [0.15, 0.2) is 48.5 Å². The van der Waals surface area contributed by atoms with Gasteiger partial charge >= 0.3 is 6.09 Å². The van der Waals surface area contributed by atoms with Crippen molar-refractivity contribution in [2.45, 2.75) is 123 Å². The van der Waals surface area contributed by atoms with Gasteiger partial charge in [-0.15, -0.1) is 6.42 Å². The zero-order chi connectivity index (χ0) is 33.1. The van der Waals surface area contributed by atoms with Crippen LogP contribution >= 0.6 is 0 Å². The van der Waals surface area contributed by atoms with Crippen molar-refractivity contribution < 1.29 is 24.2 Å². The standard InChI is InChI=1S/C37H51N3O5/c1-8-28-14-12-13-17-31(28)33(34(42)38-29-15-10-9-11-16-29)40(26(4)19-18-25(2)3)35(43)32(39-36(44)45-37(5,6)7)24-27-20-22-30(41)23-21-27/h1,12-14,17,20-23,25-26,29,32-33,41H,9-11,15-16,18-19,24H2,2-7H3,(H,38,42)(H,39,44). The highest BCUT2D eigenvalue weighted by Crippen LogP contribution is 2.31. The number of phenols is 1. The van der Waals surface area contributed by atoms with Crippen LogP contribution in [0.3, 0.4) is 0 Å².